The van der Waals surface area contributed by atoms with Crippen molar-refractivity contribution >= 4 is 18.0 Å². The summed E-state index contributed by atoms with van der Waals surface area (Å²) in [5.41, 5.74) is 2.98. The van der Waals surface area contributed by atoms with Gasteiger partial charge < -0.3 is 15.5 Å². The van der Waals surface area contributed by atoms with E-state index in [0.29, 0.717) is 6.42 Å². The van der Waals surface area contributed by atoms with E-state index >= 15 is 0 Å². The van der Waals surface area contributed by atoms with Gasteiger partial charge in [0.15, 0.2) is 0 Å². The highest BCUT2D eigenvalue weighted by molar-refractivity contribution is 5.88. The summed E-state index contributed by atoms with van der Waals surface area (Å²) in [6.07, 6.45) is 2.84. The lowest BCUT2D eigenvalue weighted by molar-refractivity contribution is -0.141. The molecule has 3 N–H and O–H groups in total. The molecule has 1 aromatic heterocycles. The number of amides is 1. The van der Waals surface area contributed by atoms with Crippen LogP contribution in [0.5, 0.6) is 0 Å². The van der Waals surface area contributed by atoms with Gasteiger partial charge in [-0.3, -0.25) is 4.79 Å². The zero-order valence-electron chi connectivity index (χ0n) is 16.9. The smallest absolute Gasteiger partial charge is 0.342 e. The molecule has 0 radical (unpaired) electrons. The van der Waals surface area contributed by atoms with Crippen molar-refractivity contribution in [2.24, 2.45) is 5.92 Å². The average Bonchev–Trinajstić information content (AvgIpc) is 3.25. The molecule has 0 bridgehead atoms. The topological polar surface area (TPSA) is 122 Å². The lowest BCUT2D eigenvalue weighted by Gasteiger charge is -2.21. The molecule has 8 nitrogen and oxygen atoms in total. The van der Waals surface area contributed by atoms with Crippen molar-refractivity contribution in [3.8, 4) is 11.1 Å². The molecule has 3 aromatic rings. The van der Waals surface area contributed by atoms with Gasteiger partial charge in [-0.15, -0.1) is 0 Å². The van der Waals surface area contributed by atoms with Gasteiger partial charge in [0.2, 0.25) is 0 Å². The van der Waals surface area contributed by atoms with E-state index < -0.39 is 29.9 Å². The molecule has 0 aliphatic heterocycles. The summed E-state index contributed by atoms with van der Waals surface area (Å²) >= 11 is 0. The van der Waals surface area contributed by atoms with Crippen molar-refractivity contribution < 1.29 is 24.6 Å². The minimum atomic E-state index is -1.19. The first-order valence-electron chi connectivity index (χ1n) is 9.79. The van der Waals surface area contributed by atoms with Crippen LogP contribution in [0.3, 0.4) is 0 Å². The number of aromatic carboxylic acids is 1. The second-order valence-corrected chi connectivity index (χ2v) is 7.37. The van der Waals surface area contributed by atoms with Crippen molar-refractivity contribution in [3.63, 3.8) is 0 Å². The second kappa shape index (κ2) is 9.71. The highest BCUT2D eigenvalue weighted by Crippen LogP contribution is 2.20. The van der Waals surface area contributed by atoms with Crippen LogP contribution in [0.4, 0.5) is 4.79 Å². The zero-order chi connectivity index (χ0) is 22.4. The van der Waals surface area contributed by atoms with Crippen LogP contribution in [0.25, 0.3) is 11.1 Å². The second-order valence-electron chi connectivity index (χ2n) is 7.37. The van der Waals surface area contributed by atoms with Crippen molar-refractivity contribution in [1.82, 2.24) is 15.1 Å². The van der Waals surface area contributed by atoms with Gasteiger partial charge in [0.25, 0.3) is 0 Å². The van der Waals surface area contributed by atoms with E-state index in [4.69, 9.17) is 5.11 Å². The number of nitrogens with one attached hydrogen (secondary N) is 1. The Hall–Kier alpha value is -3.94. The van der Waals surface area contributed by atoms with E-state index in [1.165, 1.54) is 0 Å². The molecule has 3 rings (SSSR count). The Kier molecular flexibility index (Phi) is 6.81. The Balaban J connectivity index is 1.74. The molecule has 0 aliphatic carbocycles. The minimum Gasteiger partial charge on any atom is -0.481 e. The van der Waals surface area contributed by atoms with E-state index in [1.807, 2.05) is 54.6 Å². The third-order valence-electron chi connectivity index (χ3n) is 4.97. The molecule has 1 unspecified atom stereocenters. The van der Waals surface area contributed by atoms with Crippen LogP contribution in [-0.4, -0.2) is 44.0 Å². The van der Waals surface area contributed by atoms with Crippen LogP contribution in [0.15, 0.2) is 67.0 Å². The first-order valence-corrected chi connectivity index (χ1v) is 9.79. The van der Waals surface area contributed by atoms with Gasteiger partial charge >= 0.3 is 18.0 Å². The maximum absolute atomic E-state index is 12.5. The van der Waals surface area contributed by atoms with Crippen LogP contribution in [0.2, 0.25) is 0 Å². The third kappa shape index (κ3) is 5.79. The Labute approximate surface area is 179 Å². The van der Waals surface area contributed by atoms with Gasteiger partial charge in [0.05, 0.1) is 23.9 Å². The quantitative estimate of drug-likeness (QED) is 0.512. The summed E-state index contributed by atoms with van der Waals surface area (Å²) in [4.78, 5) is 34.8. The number of hydrogen-bond acceptors (Lipinski definition) is 4. The first-order chi connectivity index (χ1) is 14.8. The first kappa shape index (κ1) is 21.8. The average molecular weight is 421 g/mol. The number of aromatic nitrogens is 2. The van der Waals surface area contributed by atoms with Gasteiger partial charge in [0.1, 0.15) is 0 Å². The summed E-state index contributed by atoms with van der Waals surface area (Å²) in [7, 11) is 0. The molecule has 0 aliphatic rings. The van der Waals surface area contributed by atoms with Crippen molar-refractivity contribution in [3.05, 3.63) is 78.1 Å². The van der Waals surface area contributed by atoms with Crippen molar-refractivity contribution in [2.75, 3.05) is 0 Å². The van der Waals surface area contributed by atoms with E-state index in [0.717, 1.165) is 33.8 Å². The number of hydrogen-bond donors (Lipinski definition) is 3. The number of carbonyl (C=O) groups is 3. The van der Waals surface area contributed by atoms with Gasteiger partial charge in [-0.25, -0.2) is 9.59 Å². The fourth-order valence-corrected chi connectivity index (χ4v) is 3.25. The predicted molar refractivity (Wildman–Crippen MR) is 114 cm³/mol. The molecule has 0 fully saturated rings. The number of rotatable bonds is 8. The monoisotopic (exact) mass is 421 g/mol. The summed E-state index contributed by atoms with van der Waals surface area (Å²) in [5, 5.41) is 24.8. The number of carboxylic acids is 2. The van der Waals surface area contributed by atoms with Gasteiger partial charge in [-0.2, -0.15) is 9.78 Å². The fourth-order valence-electron chi connectivity index (χ4n) is 3.25. The van der Waals surface area contributed by atoms with Crippen LogP contribution < -0.4 is 5.32 Å². The fraction of sp³-hybridized carbons (Fsp3) is 0.217. The SMILES string of the molecule is C[C@H](CC(Cc1ccc(-c2ccccc2)cc1)NC(=O)n1cc(C(=O)O)cn1)C(=O)O. The molecular weight excluding hydrogens is 398 g/mol. The number of nitrogens with zero attached hydrogens (tertiary/aromatic N) is 2. The summed E-state index contributed by atoms with van der Waals surface area (Å²) < 4.78 is 0.903. The minimum absolute atomic E-state index is 0.109. The Morgan fingerprint density at radius 2 is 1.65 bits per heavy atom. The molecule has 0 saturated heterocycles. The molecule has 1 amide bonds. The molecule has 0 saturated carbocycles. The maximum Gasteiger partial charge on any atom is 0.342 e. The van der Waals surface area contributed by atoms with Crippen LogP contribution >= 0.6 is 0 Å². The molecule has 2 atom stereocenters. The Morgan fingerprint density at radius 3 is 2.23 bits per heavy atom. The highest BCUT2D eigenvalue weighted by Gasteiger charge is 2.22. The molecule has 8 heteroatoms. The molecule has 1 heterocycles. The van der Waals surface area contributed by atoms with E-state index in [-0.39, 0.29) is 12.0 Å². The number of carboxylic acid groups (broad SMARTS) is 2. The van der Waals surface area contributed by atoms with E-state index in [2.05, 4.69) is 10.4 Å². The van der Waals surface area contributed by atoms with Crippen LogP contribution in [-0.2, 0) is 11.2 Å². The normalized spacial score (nSPS) is 12.7. The van der Waals surface area contributed by atoms with Crippen LogP contribution in [0.1, 0.15) is 29.3 Å². The zero-order valence-corrected chi connectivity index (χ0v) is 16.9. The number of aliphatic carboxylic acids is 1. The summed E-state index contributed by atoms with van der Waals surface area (Å²) in [5.74, 6) is -2.80. The maximum atomic E-state index is 12.5. The van der Waals surface area contributed by atoms with Gasteiger partial charge in [-0.1, -0.05) is 61.5 Å². The molecule has 2 aromatic carbocycles. The third-order valence-corrected chi connectivity index (χ3v) is 4.97. The van der Waals surface area contributed by atoms with Gasteiger partial charge in [-0.05, 0) is 29.5 Å². The highest BCUT2D eigenvalue weighted by atomic mass is 16.4. The van der Waals surface area contributed by atoms with E-state index in [1.54, 1.807) is 6.92 Å². The predicted octanol–water partition coefficient (Wildman–Crippen LogP) is 3.53. The number of benzene rings is 2. The Morgan fingerprint density at radius 1 is 1.00 bits per heavy atom. The van der Waals surface area contributed by atoms with Crippen molar-refractivity contribution in [2.45, 2.75) is 25.8 Å². The Bertz CT molecular complexity index is 1060. The lowest BCUT2D eigenvalue weighted by Crippen LogP contribution is -2.41. The van der Waals surface area contributed by atoms with Crippen molar-refractivity contribution in [1.29, 1.82) is 0 Å². The molecule has 160 valence electrons. The van der Waals surface area contributed by atoms with Crippen LogP contribution in [0, 0.1) is 5.92 Å². The lowest BCUT2D eigenvalue weighted by atomic mass is 9.95. The largest absolute Gasteiger partial charge is 0.481 e. The summed E-state index contributed by atoms with van der Waals surface area (Å²) in [6, 6.07) is 16.7. The number of carbonyl (C=O) groups excluding carboxylic acids is 1. The standard InChI is InChI=1S/C23H23N3O5/c1-15(21(27)28)11-20(25-23(31)26-14-19(13-24-26)22(29)30)12-16-7-9-18(10-8-16)17-5-3-2-4-6-17/h2-10,13-15,20H,11-12H2,1H3,(H,25,31)(H,27,28)(H,29,30)/t15-,20?/m1/s1. The summed E-state index contributed by atoms with van der Waals surface area (Å²) in [6.45, 7) is 1.58. The molecular formula is C23H23N3O5. The molecule has 0 spiro atoms. The van der Waals surface area contributed by atoms with Gasteiger partial charge in [0, 0.05) is 6.04 Å². The molecule has 31 heavy (non-hydrogen) atoms. The van der Waals surface area contributed by atoms with E-state index in [9.17, 15) is 19.5 Å².